The van der Waals surface area contributed by atoms with Gasteiger partial charge in [0.15, 0.2) is 0 Å². The van der Waals surface area contributed by atoms with Crippen LogP contribution in [0.25, 0.3) is 0 Å². The highest BCUT2D eigenvalue weighted by atomic mass is 32.2. The van der Waals surface area contributed by atoms with Gasteiger partial charge < -0.3 is 0 Å². The first-order chi connectivity index (χ1) is 9.92. The summed E-state index contributed by atoms with van der Waals surface area (Å²) in [5, 5.41) is 18.2. The van der Waals surface area contributed by atoms with Crippen molar-refractivity contribution >= 4 is 10.0 Å². The van der Waals surface area contributed by atoms with E-state index in [2.05, 4.69) is 10.8 Å². The molecule has 1 N–H and O–H groups in total. The Morgan fingerprint density at radius 3 is 2.38 bits per heavy atom. The van der Waals surface area contributed by atoms with Crippen LogP contribution in [0.15, 0.2) is 23.1 Å². The van der Waals surface area contributed by atoms with Crippen molar-refractivity contribution in [3.8, 4) is 12.1 Å². The van der Waals surface area contributed by atoms with E-state index in [-0.39, 0.29) is 4.90 Å². The van der Waals surface area contributed by atoms with Crippen molar-refractivity contribution in [3.05, 3.63) is 29.3 Å². The number of hydrogen-bond acceptors (Lipinski definition) is 4. The fraction of sp³-hybridized carbons (Fsp3) is 0.467. The summed E-state index contributed by atoms with van der Waals surface area (Å²) in [4.78, 5) is 0.127. The average molecular weight is 303 g/mol. The first-order valence-electron chi connectivity index (χ1n) is 6.88. The first kappa shape index (κ1) is 15.5. The summed E-state index contributed by atoms with van der Waals surface area (Å²) in [6.07, 6.45) is 3.81. The van der Waals surface area contributed by atoms with E-state index < -0.39 is 15.6 Å². The van der Waals surface area contributed by atoms with Crippen LogP contribution < -0.4 is 4.72 Å². The van der Waals surface area contributed by atoms with Crippen LogP contribution >= 0.6 is 0 Å². The maximum Gasteiger partial charge on any atom is 0.242 e. The minimum Gasteiger partial charge on any atom is -0.207 e. The molecule has 0 heterocycles. The van der Waals surface area contributed by atoms with Crippen LogP contribution in [0.1, 0.15) is 43.2 Å². The Labute approximate surface area is 125 Å². The fourth-order valence-corrected chi connectivity index (χ4v) is 4.33. The molecule has 1 saturated carbocycles. The molecule has 1 aromatic carbocycles. The van der Waals surface area contributed by atoms with Crippen molar-refractivity contribution in [2.45, 2.75) is 49.5 Å². The van der Waals surface area contributed by atoms with Crippen molar-refractivity contribution in [2.75, 3.05) is 0 Å². The number of rotatable bonds is 3. The van der Waals surface area contributed by atoms with Crippen LogP contribution in [0.5, 0.6) is 0 Å². The molecule has 1 aromatic rings. The van der Waals surface area contributed by atoms with Gasteiger partial charge in [-0.1, -0.05) is 19.3 Å². The smallest absolute Gasteiger partial charge is 0.207 e. The van der Waals surface area contributed by atoms with Crippen LogP contribution in [-0.4, -0.2) is 14.0 Å². The summed E-state index contributed by atoms with van der Waals surface area (Å²) in [6.45, 7) is 1.65. The van der Waals surface area contributed by atoms with Crippen molar-refractivity contribution < 1.29 is 8.42 Å². The molecule has 0 saturated heterocycles. The van der Waals surface area contributed by atoms with Crippen molar-refractivity contribution in [3.63, 3.8) is 0 Å². The number of benzene rings is 1. The zero-order chi connectivity index (χ0) is 15.5. The van der Waals surface area contributed by atoms with Crippen LogP contribution in [0.2, 0.25) is 0 Å². The molecule has 1 fully saturated rings. The molecule has 110 valence electrons. The van der Waals surface area contributed by atoms with Crippen LogP contribution in [0.3, 0.4) is 0 Å². The van der Waals surface area contributed by atoms with Gasteiger partial charge in [0.05, 0.1) is 22.6 Å². The number of aryl methyl sites for hydroxylation is 1. The Balaban J connectivity index is 2.35. The third kappa shape index (κ3) is 3.24. The maximum absolute atomic E-state index is 12.5. The van der Waals surface area contributed by atoms with Gasteiger partial charge >= 0.3 is 0 Å². The second-order valence-corrected chi connectivity index (χ2v) is 7.10. The van der Waals surface area contributed by atoms with E-state index >= 15 is 0 Å². The Bertz CT molecular complexity index is 720. The SMILES string of the molecule is Cc1cc(C#N)ccc1S(=O)(=O)NC1(C#N)CCCCC1. The Morgan fingerprint density at radius 1 is 1.19 bits per heavy atom. The lowest BCUT2D eigenvalue weighted by atomic mass is 9.84. The van der Waals surface area contributed by atoms with Gasteiger partial charge in [0.25, 0.3) is 0 Å². The molecule has 2 rings (SSSR count). The summed E-state index contributed by atoms with van der Waals surface area (Å²) in [7, 11) is -3.77. The fourth-order valence-electron chi connectivity index (χ4n) is 2.72. The molecule has 0 aliphatic heterocycles. The van der Waals surface area contributed by atoms with Crippen LogP contribution in [0.4, 0.5) is 0 Å². The van der Waals surface area contributed by atoms with E-state index in [0.717, 1.165) is 19.3 Å². The quantitative estimate of drug-likeness (QED) is 0.927. The average Bonchev–Trinajstić information content (AvgIpc) is 2.47. The van der Waals surface area contributed by atoms with Gasteiger partial charge in [0, 0.05) is 0 Å². The molecule has 0 atom stereocenters. The lowest BCUT2D eigenvalue weighted by Crippen LogP contribution is -2.48. The topological polar surface area (TPSA) is 93.8 Å². The monoisotopic (exact) mass is 303 g/mol. The molecule has 21 heavy (non-hydrogen) atoms. The second kappa shape index (κ2) is 5.85. The second-order valence-electron chi connectivity index (χ2n) is 5.45. The Hall–Kier alpha value is -1.89. The molecular formula is C15H17N3O2S. The molecule has 0 bridgehead atoms. The first-order valence-corrected chi connectivity index (χ1v) is 8.37. The molecule has 5 nitrogen and oxygen atoms in total. The van der Waals surface area contributed by atoms with E-state index in [0.29, 0.717) is 24.0 Å². The molecule has 0 radical (unpaired) electrons. The number of nitrogens with zero attached hydrogens (tertiary/aromatic N) is 2. The lowest BCUT2D eigenvalue weighted by molar-refractivity contribution is 0.338. The predicted octanol–water partition coefficient (Wildman–Crippen LogP) is 2.37. The van der Waals surface area contributed by atoms with Gasteiger partial charge in [-0.15, -0.1) is 0 Å². The van der Waals surface area contributed by atoms with E-state index in [1.54, 1.807) is 6.92 Å². The minimum absolute atomic E-state index is 0.127. The van der Waals surface area contributed by atoms with Gasteiger partial charge in [0.2, 0.25) is 10.0 Å². The van der Waals surface area contributed by atoms with Crippen molar-refractivity contribution in [1.82, 2.24) is 4.72 Å². The molecule has 0 aromatic heterocycles. The molecule has 0 amide bonds. The molecule has 6 heteroatoms. The number of nitriles is 2. The van der Waals surface area contributed by atoms with Crippen molar-refractivity contribution in [1.29, 1.82) is 10.5 Å². The van der Waals surface area contributed by atoms with E-state index in [1.807, 2.05) is 6.07 Å². The van der Waals surface area contributed by atoms with E-state index in [9.17, 15) is 13.7 Å². The minimum atomic E-state index is -3.77. The van der Waals surface area contributed by atoms with Crippen molar-refractivity contribution in [2.24, 2.45) is 0 Å². The number of sulfonamides is 1. The predicted molar refractivity (Wildman–Crippen MR) is 77.6 cm³/mol. The third-order valence-corrected chi connectivity index (χ3v) is 5.54. The summed E-state index contributed by atoms with van der Waals surface area (Å²) >= 11 is 0. The van der Waals surface area contributed by atoms with Gasteiger partial charge in [-0.05, 0) is 43.5 Å². The zero-order valence-corrected chi connectivity index (χ0v) is 12.7. The summed E-state index contributed by atoms with van der Waals surface area (Å²) < 4.78 is 27.7. The van der Waals surface area contributed by atoms with Crippen LogP contribution in [0, 0.1) is 29.6 Å². The van der Waals surface area contributed by atoms with Gasteiger partial charge in [0.1, 0.15) is 5.54 Å². The summed E-state index contributed by atoms with van der Waals surface area (Å²) in [6, 6.07) is 8.55. The molecule has 0 unspecified atom stereocenters. The molecular weight excluding hydrogens is 286 g/mol. The highest BCUT2D eigenvalue weighted by Crippen LogP contribution is 2.30. The normalized spacial score (nSPS) is 17.7. The molecule has 1 aliphatic rings. The van der Waals surface area contributed by atoms with Crippen LogP contribution in [-0.2, 0) is 10.0 Å². The maximum atomic E-state index is 12.5. The highest BCUT2D eigenvalue weighted by Gasteiger charge is 2.37. The van der Waals surface area contributed by atoms with E-state index in [1.165, 1.54) is 18.2 Å². The third-order valence-electron chi connectivity index (χ3n) is 3.84. The van der Waals surface area contributed by atoms with Gasteiger partial charge in [-0.3, -0.25) is 0 Å². The largest absolute Gasteiger partial charge is 0.242 e. The zero-order valence-electron chi connectivity index (χ0n) is 11.9. The highest BCUT2D eigenvalue weighted by molar-refractivity contribution is 7.89. The van der Waals surface area contributed by atoms with Gasteiger partial charge in [-0.2, -0.15) is 15.2 Å². The van der Waals surface area contributed by atoms with Gasteiger partial charge in [-0.25, -0.2) is 8.42 Å². The summed E-state index contributed by atoms with van der Waals surface area (Å²) in [5.41, 5.74) is -0.0817. The number of hydrogen-bond donors (Lipinski definition) is 1. The Kier molecular flexibility index (Phi) is 4.32. The van der Waals surface area contributed by atoms with E-state index in [4.69, 9.17) is 5.26 Å². The molecule has 0 spiro atoms. The standard InChI is InChI=1S/C15H17N3O2S/c1-12-9-13(10-16)5-6-14(12)21(19,20)18-15(11-17)7-3-2-4-8-15/h5-6,9,18H,2-4,7-8H2,1H3. The number of nitrogens with one attached hydrogen (secondary N) is 1. The lowest BCUT2D eigenvalue weighted by Gasteiger charge is -2.31. The molecule has 1 aliphatic carbocycles. The summed E-state index contributed by atoms with van der Waals surface area (Å²) in [5.74, 6) is 0. The Morgan fingerprint density at radius 2 is 1.86 bits per heavy atom.